The number of nitro groups is 1. The Hall–Kier alpha value is -4.76. The van der Waals surface area contributed by atoms with Crippen molar-refractivity contribution in [1.82, 2.24) is 14.7 Å². The molecule has 2 aliphatic rings. The molecule has 13 nitrogen and oxygen atoms in total. The molecule has 1 unspecified atom stereocenters. The number of hydrogen-bond acceptors (Lipinski definition) is 10. The average Bonchev–Trinajstić information content (AvgIpc) is 3.46. The molecule has 1 saturated heterocycles. The van der Waals surface area contributed by atoms with Gasteiger partial charge in [0.25, 0.3) is 21.6 Å². The van der Waals surface area contributed by atoms with E-state index in [0.29, 0.717) is 29.4 Å². The summed E-state index contributed by atoms with van der Waals surface area (Å²) in [5, 5.41) is 15.4. The van der Waals surface area contributed by atoms with Gasteiger partial charge in [-0.25, -0.2) is 17.5 Å². The summed E-state index contributed by atoms with van der Waals surface area (Å²) in [4.78, 5) is 33.5. The van der Waals surface area contributed by atoms with Crippen LogP contribution in [0.5, 0.6) is 5.88 Å². The van der Waals surface area contributed by atoms with E-state index in [4.69, 9.17) is 9.47 Å². The van der Waals surface area contributed by atoms with E-state index in [1.165, 1.54) is 12.1 Å². The fraction of sp³-hybridized carbons (Fsp3) is 0.310. The number of anilines is 3. The van der Waals surface area contributed by atoms with Crippen LogP contribution >= 0.6 is 0 Å². The number of carbonyl (C=O) groups excluding carboxylic acids is 1. The number of pyridine rings is 1. The second-order valence-electron chi connectivity index (χ2n) is 10.8. The number of fused-ring (bicyclic) bond motifs is 2. The van der Waals surface area contributed by atoms with Crippen molar-refractivity contribution < 1.29 is 32.0 Å². The maximum Gasteiger partial charge on any atom is 0.293 e. The number of carbonyl (C=O) groups is 1. The van der Waals surface area contributed by atoms with Crippen LogP contribution in [0.4, 0.5) is 27.1 Å². The highest BCUT2D eigenvalue weighted by Crippen LogP contribution is 2.40. The van der Waals surface area contributed by atoms with Gasteiger partial charge in [0.05, 0.1) is 27.6 Å². The van der Waals surface area contributed by atoms with Gasteiger partial charge < -0.3 is 24.7 Å². The van der Waals surface area contributed by atoms with Gasteiger partial charge in [0.15, 0.2) is 0 Å². The summed E-state index contributed by atoms with van der Waals surface area (Å²) < 4.78 is 54.8. The monoisotopic (exact) mass is 624 g/mol. The summed E-state index contributed by atoms with van der Waals surface area (Å²) in [7, 11) is -4.55. The van der Waals surface area contributed by atoms with Crippen LogP contribution in [0.3, 0.4) is 0 Å². The number of para-hydroxylation sites is 1. The summed E-state index contributed by atoms with van der Waals surface area (Å²) in [6, 6.07) is 13.4. The molecule has 15 heteroatoms. The Bertz CT molecular complexity index is 1860. The second kappa shape index (κ2) is 11.4. The van der Waals surface area contributed by atoms with E-state index in [1.807, 2.05) is 28.7 Å². The Morgan fingerprint density at radius 2 is 1.95 bits per heavy atom. The van der Waals surface area contributed by atoms with Gasteiger partial charge >= 0.3 is 0 Å². The van der Waals surface area contributed by atoms with E-state index in [-0.39, 0.29) is 50.0 Å². The van der Waals surface area contributed by atoms with Crippen molar-refractivity contribution in [3.05, 3.63) is 76.5 Å². The van der Waals surface area contributed by atoms with Gasteiger partial charge in [0, 0.05) is 50.2 Å². The molecule has 0 bridgehead atoms. The van der Waals surface area contributed by atoms with Crippen LogP contribution in [-0.2, 0) is 14.8 Å². The van der Waals surface area contributed by atoms with Crippen LogP contribution in [0.15, 0.2) is 65.7 Å². The Morgan fingerprint density at radius 1 is 1.18 bits per heavy atom. The number of nitrogens with zero attached hydrogens (tertiary/aromatic N) is 3. The van der Waals surface area contributed by atoms with E-state index in [2.05, 4.69) is 15.3 Å². The lowest BCUT2D eigenvalue weighted by molar-refractivity contribution is -0.384. The van der Waals surface area contributed by atoms with E-state index >= 15 is 4.39 Å². The third-order valence-electron chi connectivity index (χ3n) is 7.65. The molecule has 1 fully saturated rings. The molecule has 44 heavy (non-hydrogen) atoms. The number of amides is 1. The van der Waals surface area contributed by atoms with Crippen molar-refractivity contribution in [2.45, 2.75) is 36.4 Å². The highest BCUT2D eigenvalue weighted by atomic mass is 32.2. The van der Waals surface area contributed by atoms with Crippen molar-refractivity contribution in [2.24, 2.45) is 0 Å². The number of nitrogens with one attached hydrogen (secondary N) is 3. The topological polar surface area (TPSA) is 169 Å². The van der Waals surface area contributed by atoms with Crippen LogP contribution in [0.25, 0.3) is 11.0 Å². The Kier molecular flexibility index (Phi) is 7.59. The Labute approximate surface area is 251 Å². The predicted molar refractivity (Wildman–Crippen MR) is 160 cm³/mol. The molecule has 0 radical (unpaired) electrons. The number of nitro benzene ring substituents is 1. The van der Waals surface area contributed by atoms with Gasteiger partial charge in [0.2, 0.25) is 5.88 Å². The van der Waals surface area contributed by atoms with Crippen molar-refractivity contribution in [3.63, 3.8) is 0 Å². The molecule has 0 spiro atoms. The molecule has 2 aliphatic heterocycles. The third kappa shape index (κ3) is 5.75. The molecular weight excluding hydrogens is 595 g/mol. The molecular formula is C29H29FN6O7S. The summed E-state index contributed by atoms with van der Waals surface area (Å²) in [5.41, 5.74) is -0.500. The van der Waals surface area contributed by atoms with Crippen molar-refractivity contribution in [3.8, 4) is 5.88 Å². The number of alkyl halides is 1. The minimum Gasteiger partial charge on any atom is -0.471 e. The highest BCUT2D eigenvalue weighted by molar-refractivity contribution is 7.90. The van der Waals surface area contributed by atoms with Crippen molar-refractivity contribution in [2.75, 3.05) is 36.5 Å². The highest BCUT2D eigenvalue weighted by Gasteiger charge is 2.34. The lowest BCUT2D eigenvalue weighted by atomic mass is 9.96. The Balaban J connectivity index is 1.26. The fourth-order valence-corrected chi connectivity index (χ4v) is 6.31. The number of aromatic nitrogens is 2. The van der Waals surface area contributed by atoms with Gasteiger partial charge in [-0.1, -0.05) is 12.1 Å². The zero-order valence-electron chi connectivity index (χ0n) is 23.6. The molecule has 6 rings (SSSR count). The fourth-order valence-electron chi connectivity index (χ4n) is 5.33. The standard InChI is InChI=1S/C29H29FN6O7S/c1-18-16-35(25-14-19-8-11-31-26(19)33-28(25)43-18)23-5-3-2-4-21(23)27(37)34-44(40,41)20-6-7-22(24(15-20)36(38)39)32-17-29(30)9-12-42-13-10-29/h2-8,11,14-15,18,32H,9-10,12-13,16-17H2,1H3,(H,31,33)(H,34,37). The van der Waals surface area contributed by atoms with Crippen molar-refractivity contribution in [1.29, 1.82) is 0 Å². The molecule has 3 N–H and O–H groups in total. The minimum absolute atomic E-state index is 0.0422. The molecule has 1 amide bonds. The maximum atomic E-state index is 15.0. The largest absolute Gasteiger partial charge is 0.471 e. The minimum atomic E-state index is -4.55. The number of sulfonamides is 1. The van der Waals surface area contributed by atoms with Crippen LogP contribution in [0.2, 0.25) is 0 Å². The zero-order valence-corrected chi connectivity index (χ0v) is 24.4. The van der Waals surface area contributed by atoms with Crippen LogP contribution in [-0.4, -0.2) is 67.3 Å². The lowest BCUT2D eigenvalue weighted by Crippen LogP contribution is -2.38. The van der Waals surface area contributed by atoms with Crippen molar-refractivity contribution >= 4 is 49.7 Å². The normalized spacial score (nSPS) is 17.9. The summed E-state index contributed by atoms with van der Waals surface area (Å²) in [6.07, 6.45) is 1.72. The number of halogens is 1. The lowest BCUT2D eigenvalue weighted by Gasteiger charge is -2.35. The van der Waals surface area contributed by atoms with Crippen LogP contribution < -0.4 is 19.7 Å². The van der Waals surface area contributed by atoms with Gasteiger partial charge in [-0.05, 0) is 43.3 Å². The van der Waals surface area contributed by atoms with E-state index < -0.39 is 37.1 Å². The average molecular weight is 625 g/mol. The SMILES string of the molecule is CC1CN(c2ccccc2C(=O)NS(=O)(=O)c2ccc(NCC3(F)CCOCC3)c([N+](=O)[O-])c2)c2cc3cc[nH]c3nc2O1. The first-order chi connectivity index (χ1) is 21.0. The predicted octanol–water partition coefficient (Wildman–Crippen LogP) is 4.44. The van der Waals surface area contributed by atoms with Crippen LogP contribution in [0, 0.1) is 10.1 Å². The zero-order chi connectivity index (χ0) is 31.1. The molecule has 0 aliphatic carbocycles. The number of ether oxygens (including phenoxy) is 2. The molecule has 4 aromatic rings. The molecule has 4 heterocycles. The molecule has 2 aromatic carbocycles. The van der Waals surface area contributed by atoms with Gasteiger partial charge in [-0.15, -0.1) is 0 Å². The Morgan fingerprint density at radius 3 is 2.73 bits per heavy atom. The molecule has 0 saturated carbocycles. The maximum absolute atomic E-state index is 15.0. The number of hydrogen-bond donors (Lipinski definition) is 3. The summed E-state index contributed by atoms with van der Waals surface area (Å²) in [6.45, 7) is 2.49. The van der Waals surface area contributed by atoms with Crippen LogP contribution in [0.1, 0.15) is 30.1 Å². The van der Waals surface area contributed by atoms with E-state index in [0.717, 1.165) is 17.5 Å². The van der Waals surface area contributed by atoms with Gasteiger partial charge in [0.1, 0.15) is 28.8 Å². The first-order valence-corrected chi connectivity index (χ1v) is 15.4. The summed E-state index contributed by atoms with van der Waals surface area (Å²) >= 11 is 0. The van der Waals surface area contributed by atoms with Gasteiger partial charge in [-0.3, -0.25) is 14.9 Å². The van der Waals surface area contributed by atoms with E-state index in [1.54, 1.807) is 24.4 Å². The summed E-state index contributed by atoms with van der Waals surface area (Å²) in [5.74, 6) is -0.571. The number of H-pyrrole nitrogens is 1. The first-order valence-electron chi connectivity index (χ1n) is 13.9. The van der Waals surface area contributed by atoms with E-state index in [9.17, 15) is 23.3 Å². The molecule has 2 aromatic heterocycles. The molecule has 1 atom stereocenters. The number of benzene rings is 2. The second-order valence-corrected chi connectivity index (χ2v) is 12.5. The van der Waals surface area contributed by atoms with Gasteiger partial charge in [-0.2, -0.15) is 4.98 Å². The molecule has 230 valence electrons. The smallest absolute Gasteiger partial charge is 0.293 e. The third-order valence-corrected chi connectivity index (χ3v) is 8.98. The quantitative estimate of drug-likeness (QED) is 0.188. The number of aromatic amines is 1. The number of rotatable bonds is 8. The first kappa shape index (κ1) is 29.3.